The van der Waals surface area contributed by atoms with Gasteiger partial charge in [0.25, 0.3) is 5.91 Å². The lowest BCUT2D eigenvalue weighted by Gasteiger charge is -2.34. The van der Waals surface area contributed by atoms with Gasteiger partial charge in [-0.05, 0) is 24.5 Å². The van der Waals surface area contributed by atoms with Crippen LogP contribution in [0.5, 0.6) is 0 Å². The van der Waals surface area contributed by atoms with E-state index in [0.29, 0.717) is 11.6 Å². The summed E-state index contributed by atoms with van der Waals surface area (Å²) >= 11 is 0. The van der Waals surface area contributed by atoms with E-state index < -0.39 is 0 Å². The van der Waals surface area contributed by atoms with E-state index in [1.54, 1.807) is 12.4 Å². The largest absolute Gasteiger partial charge is 0.381 e. The van der Waals surface area contributed by atoms with E-state index in [4.69, 9.17) is 0 Å². The molecule has 0 atom stereocenters. The predicted molar refractivity (Wildman–Crippen MR) is 109 cm³/mol. The Morgan fingerprint density at radius 1 is 1.11 bits per heavy atom. The summed E-state index contributed by atoms with van der Waals surface area (Å²) in [7, 11) is 0. The maximum atomic E-state index is 12.8. The van der Waals surface area contributed by atoms with Crippen molar-refractivity contribution in [1.29, 1.82) is 0 Å². The quantitative estimate of drug-likeness (QED) is 0.858. The standard InChI is InChI=1S/C22H26N4O/c27-22(19-15-21(17-23-16-19)24-20-8-9-20)26-13-11-25(12-14-26)10-4-7-18-5-2-1-3-6-18/h1-7,15-17,20,24H,8-14H2/b7-4+. The molecule has 0 radical (unpaired) electrons. The van der Waals surface area contributed by atoms with Crippen molar-refractivity contribution in [3.8, 4) is 0 Å². The lowest BCUT2D eigenvalue weighted by Crippen LogP contribution is -2.48. The summed E-state index contributed by atoms with van der Waals surface area (Å²) in [5, 5.41) is 3.41. The number of pyridine rings is 1. The molecule has 1 N–H and O–H groups in total. The first-order chi connectivity index (χ1) is 13.3. The number of rotatable bonds is 6. The van der Waals surface area contributed by atoms with E-state index in [-0.39, 0.29) is 5.91 Å². The number of aromatic nitrogens is 1. The number of nitrogens with zero attached hydrogens (tertiary/aromatic N) is 3. The number of piperazine rings is 1. The van der Waals surface area contributed by atoms with Crippen molar-refractivity contribution in [1.82, 2.24) is 14.8 Å². The molecule has 2 heterocycles. The highest BCUT2D eigenvalue weighted by atomic mass is 16.2. The molecule has 2 fully saturated rings. The molecule has 1 aromatic carbocycles. The molecule has 2 aliphatic rings. The Bertz CT molecular complexity index is 793. The first-order valence-corrected chi connectivity index (χ1v) is 9.73. The molecule has 1 amide bonds. The molecule has 27 heavy (non-hydrogen) atoms. The molecule has 4 rings (SSSR count). The third kappa shape index (κ3) is 4.95. The Balaban J connectivity index is 1.27. The summed E-state index contributed by atoms with van der Waals surface area (Å²) in [6, 6.07) is 12.8. The predicted octanol–water partition coefficient (Wildman–Crippen LogP) is 3.13. The second-order valence-corrected chi connectivity index (χ2v) is 7.29. The van der Waals surface area contributed by atoms with Gasteiger partial charge in [-0.25, -0.2) is 0 Å². The minimum atomic E-state index is 0.0847. The molecule has 1 aromatic heterocycles. The average Bonchev–Trinajstić information content (AvgIpc) is 3.53. The Kier molecular flexibility index (Phi) is 5.49. The van der Waals surface area contributed by atoms with Crippen molar-refractivity contribution in [2.45, 2.75) is 18.9 Å². The highest BCUT2D eigenvalue weighted by Crippen LogP contribution is 2.24. The van der Waals surface area contributed by atoms with E-state index in [1.165, 1.54) is 18.4 Å². The van der Waals surface area contributed by atoms with Gasteiger partial charge in [0, 0.05) is 51.2 Å². The lowest BCUT2D eigenvalue weighted by atomic mass is 10.2. The molecule has 5 heteroatoms. The van der Waals surface area contributed by atoms with Crippen LogP contribution in [0.15, 0.2) is 54.9 Å². The third-order valence-electron chi connectivity index (χ3n) is 5.07. The van der Waals surface area contributed by atoms with Crippen molar-refractivity contribution in [2.24, 2.45) is 0 Å². The molecule has 1 aliphatic heterocycles. The molecular weight excluding hydrogens is 336 g/mol. The molecule has 0 bridgehead atoms. The van der Waals surface area contributed by atoms with Crippen molar-refractivity contribution in [2.75, 3.05) is 38.0 Å². The smallest absolute Gasteiger partial charge is 0.255 e. The second kappa shape index (κ2) is 8.35. The monoisotopic (exact) mass is 362 g/mol. The summed E-state index contributed by atoms with van der Waals surface area (Å²) < 4.78 is 0. The van der Waals surface area contributed by atoms with Crippen molar-refractivity contribution in [3.63, 3.8) is 0 Å². The summed E-state index contributed by atoms with van der Waals surface area (Å²) in [5.74, 6) is 0.0847. The zero-order valence-electron chi connectivity index (χ0n) is 15.6. The van der Waals surface area contributed by atoms with Crippen molar-refractivity contribution in [3.05, 3.63) is 66.0 Å². The average molecular weight is 362 g/mol. The van der Waals surface area contributed by atoms with Crippen LogP contribution in [-0.2, 0) is 0 Å². The first kappa shape index (κ1) is 17.7. The van der Waals surface area contributed by atoms with Crippen molar-refractivity contribution < 1.29 is 4.79 Å². The van der Waals surface area contributed by atoms with E-state index in [1.807, 2.05) is 29.2 Å². The molecule has 0 spiro atoms. The summed E-state index contributed by atoms with van der Waals surface area (Å²) in [6.07, 6.45) is 10.2. The first-order valence-electron chi connectivity index (χ1n) is 9.73. The van der Waals surface area contributed by atoms with Crippen LogP contribution in [0, 0.1) is 0 Å². The van der Waals surface area contributed by atoms with Crippen molar-refractivity contribution >= 4 is 17.7 Å². The normalized spacial score (nSPS) is 18.0. The Labute approximate surface area is 160 Å². The lowest BCUT2D eigenvalue weighted by molar-refractivity contribution is 0.0650. The van der Waals surface area contributed by atoms with E-state index in [9.17, 15) is 4.79 Å². The SMILES string of the molecule is O=C(c1cncc(NC2CC2)c1)N1CCN(C/C=C/c2ccccc2)CC1. The van der Waals surface area contributed by atoms with Crippen LogP contribution in [0.25, 0.3) is 6.08 Å². The summed E-state index contributed by atoms with van der Waals surface area (Å²) in [4.78, 5) is 21.3. The molecular formula is C22H26N4O. The van der Waals surface area contributed by atoms with Gasteiger partial charge in [0.2, 0.25) is 0 Å². The molecule has 1 saturated carbocycles. The van der Waals surface area contributed by atoms with Gasteiger partial charge in [-0.15, -0.1) is 0 Å². The van der Waals surface area contributed by atoms with Crippen LogP contribution < -0.4 is 5.32 Å². The summed E-state index contributed by atoms with van der Waals surface area (Å²) in [6.45, 7) is 4.24. The van der Waals surface area contributed by atoms with Crippen LogP contribution in [0.3, 0.4) is 0 Å². The molecule has 1 aliphatic carbocycles. The fraction of sp³-hybridized carbons (Fsp3) is 0.364. The zero-order valence-corrected chi connectivity index (χ0v) is 15.6. The van der Waals surface area contributed by atoms with Crippen LogP contribution in [0.1, 0.15) is 28.8 Å². The topological polar surface area (TPSA) is 48.5 Å². The van der Waals surface area contributed by atoms with Crippen LogP contribution in [0.4, 0.5) is 5.69 Å². The van der Waals surface area contributed by atoms with Gasteiger partial charge < -0.3 is 10.2 Å². The number of nitrogens with one attached hydrogen (secondary N) is 1. The van der Waals surface area contributed by atoms with Gasteiger partial charge in [-0.1, -0.05) is 42.5 Å². The molecule has 1 saturated heterocycles. The van der Waals surface area contributed by atoms with Gasteiger partial charge in [0.1, 0.15) is 0 Å². The third-order valence-corrected chi connectivity index (χ3v) is 5.07. The summed E-state index contributed by atoms with van der Waals surface area (Å²) in [5.41, 5.74) is 2.85. The number of carbonyl (C=O) groups is 1. The number of hydrogen-bond acceptors (Lipinski definition) is 4. The van der Waals surface area contributed by atoms with E-state index in [2.05, 4.69) is 39.5 Å². The Morgan fingerprint density at radius 2 is 1.89 bits per heavy atom. The fourth-order valence-electron chi connectivity index (χ4n) is 3.32. The second-order valence-electron chi connectivity index (χ2n) is 7.29. The zero-order chi connectivity index (χ0) is 18.5. The van der Waals surface area contributed by atoms with Gasteiger partial charge in [0.15, 0.2) is 0 Å². The van der Waals surface area contributed by atoms with Gasteiger partial charge >= 0.3 is 0 Å². The number of anilines is 1. The fourth-order valence-corrected chi connectivity index (χ4v) is 3.32. The van der Waals surface area contributed by atoms with E-state index in [0.717, 1.165) is 38.4 Å². The minimum absolute atomic E-state index is 0.0847. The molecule has 2 aromatic rings. The van der Waals surface area contributed by atoms with Gasteiger partial charge in [-0.3, -0.25) is 14.7 Å². The highest BCUT2D eigenvalue weighted by Gasteiger charge is 2.24. The highest BCUT2D eigenvalue weighted by molar-refractivity contribution is 5.94. The van der Waals surface area contributed by atoms with Gasteiger partial charge in [-0.2, -0.15) is 0 Å². The number of hydrogen-bond donors (Lipinski definition) is 1. The molecule has 0 unspecified atom stereocenters. The van der Waals surface area contributed by atoms with Crippen LogP contribution in [0.2, 0.25) is 0 Å². The number of benzene rings is 1. The maximum absolute atomic E-state index is 12.8. The number of carbonyl (C=O) groups excluding carboxylic acids is 1. The van der Waals surface area contributed by atoms with Crippen LogP contribution in [-0.4, -0.2) is 59.5 Å². The Morgan fingerprint density at radius 3 is 2.63 bits per heavy atom. The van der Waals surface area contributed by atoms with Gasteiger partial charge in [0.05, 0.1) is 11.3 Å². The molecule has 140 valence electrons. The maximum Gasteiger partial charge on any atom is 0.255 e. The van der Waals surface area contributed by atoms with Crippen LogP contribution >= 0.6 is 0 Å². The minimum Gasteiger partial charge on any atom is -0.381 e. The number of amides is 1. The Hall–Kier alpha value is -2.66. The van der Waals surface area contributed by atoms with E-state index >= 15 is 0 Å². The molecule has 5 nitrogen and oxygen atoms in total.